The number of thiocarbonyl (C=S) groups is 1. The molecule has 1 N–H and O–H groups in total. The molecule has 1 amide bonds. The van der Waals surface area contributed by atoms with Crippen molar-refractivity contribution < 1.29 is 14.7 Å². The fourth-order valence-corrected chi connectivity index (χ4v) is 5.39. The summed E-state index contributed by atoms with van der Waals surface area (Å²) in [5, 5.41) is 10.0. The van der Waals surface area contributed by atoms with Gasteiger partial charge in [-0.2, -0.15) is 0 Å². The van der Waals surface area contributed by atoms with E-state index in [2.05, 4.69) is 16.0 Å². The number of fused-ring (bicyclic) bond motifs is 1. The molecule has 0 spiro atoms. The zero-order valence-electron chi connectivity index (χ0n) is 19.3. The monoisotopic (exact) mass is 511 g/mol. The Balaban J connectivity index is 1.34. The van der Waals surface area contributed by atoms with Gasteiger partial charge < -0.3 is 5.11 Å². The molecule has 0 bridgehead atoms. The van der Waals surface area contributed by atoms with E-state index in [0.717, 1.165) is 39.0 Å². The number of carbonyl (C=O) groups excluding carboxylic acids is 1. The first kappa shape index (κ1) is 23.8. The van der Waals surface area contributed by atoms with Crippen LogP contribution in [0.15, 0.2) is 77.8 Å². The van der Waals surface area contributed by atoms with E-state index in [1.807, 2.05) is 49.4 Å². The minimum Gasteiger partial charge on any atom is -0.478 e. The van der Waals surface area contributed by atoms with Crippen molar-refractivity contribution in [2.75, 3.05) is 6.54 Å². The maximum atomic E-state index is 13.1. The maximum Gasteiger partial charge on any atom is 0.335 e. The first-order valence-electron chi connectivity index (χ1n) is 11.3. The average Bonchev–Trinajstić information content (AvgIpc) is 3.14. The van der Waals surface area contributed by atoms with Gasteiger partial charge in [-0.15, -0.1) is 0 Å². The Morgan fingerprint density at radius 3 is 2.69 bits per heavy atom. The molecule has 1 aliphatic rings. The summed E-state index contributed by atoms with van der Waals surface area (Å²) in [4.78, 5) is 35.3. The Hall–Kier alpha value is -3.88. The van der Waals surface area contributed by atoms with Gasteiger partial charge in [-0.3, -0.25) is 9.69 Å². The van der Waals surface area contributed by atoms with Crippen LogP contribution in [0.2, 0.25) is 0 Å². The Bertz CT molecular complexity index is 1550. The molecular formula is C28H21N3O3S2. The minimum absolute atomic E-state index is 0.118. The van der Waals surface area contributed by atoms with Crippen LogP contribution in [-0.4, -0.2) is 42.7 Å². The molecule has 1 fully saturated rings. The lowest BCUT2D eigenvalue weighted by Gasteiger charge is -2.14. The smallest absolute Gasteiger partial charge is 0.335 e. The number of benzene rings is 2. The lowest BCUT2D eigenvalue weighted by molar-refractivity contribution is -0.122. The third-order valence-electron chi connectivity index (χ3n) is 5.97. The van der Waals surface area contributed by atoms with Gasteiger partial charge in [0.25, 0.3) is 5.91 Å². The number of thioether (sulfide) groups is 1. The number of nitrogens with zero attached hydrogens (tertiary/aromatic N) is 3. The molecule has 0 aliphatic carbocycles. The van der Waals surface area contributed by atoms with Crippen LogP contribution < -0.4 is 0 Å². The summed E-state index contributed by atoms with van der Waals surface area (Å²) in [5.74, 6) is -1.08. The molecular weight excluding hydrogens is 490 g/mol. The van der Waals surface area contributed by atoms with Crippen molar-refractivity contribution in [2.45, 2.75) is 13.3 Å². The molecule has 1 saturated heterocycles. The molecule has 8 heteroatoms. The van der Waals surface area contributed by atoms with E-state index in [0.29, 0.717) is 22.2 Å². The topological polar surface area (TPSA) is 83.4 Å². The Labute approximate surface area is 217 Å². The number of carbonyl (C=O) groups is 2. The number of rotatable bonds is 6. The second-order valence-corrected chi connectivity index (χ2v) is 10.1. The number of aromatic carboxylic acids is 1. The molecule has 4 aromatic rings. The molecule has 0 saturated carbocycles. The van der Waals surface area contributed by atoms with Crippen LogP contribution in [-0.2, 0) is 11.2 Å². The highest BCUT2D eigenvalue weighted by Gasteiger charge is 2.31. The molecule has 178 valence electrons. The summed E-state index contributed by atoms with van der Waals surface area (Å²) in [5.41, 5.74) is 5.73. The SMILES string of the molecule is Cc1nc2ncccc2cc1-c1cccc(/C=C2\SC(=S)N(CCc3ccc(C(=O)O)cc3)C2=O)c1. The fourth-order valence-electron chi connectivity index (χ4n) is 4.08. The fraction of sp³-hybridized carbons (Fsp3) is 0.107. The minimum atomic E-state index is -0.961. The molecule has 6 nitrogen and oxygen atoms in total. The first-order chi connectivity index (χ1) is 17.4. The molecule has 0 radical (unpaired) electrons. The van der Waals surface area contributed by atoms with Crippen LogP contribution in [0.4, 0.5) is 0 Å². The molecule has 0 unspecified atom stereocenters. The molecule has 2 aromatic carbocycles. The molecule has 5 rings (SSSR count). The van der Waals surface area contributed by atoms with Crippen molar-refractivity contribution in [1.82, 2.24) is 14.9 Å². The van der Waals surface area contributed by atoms with E-state index in [9.17, 15) is 9.59 Å². The van der Waals surface area contributed by atoms with E-state index < -0.39 is 5.97 Å². The normalized spacial score (nSPS) is 14.7. The quantitative estimate of drug-likeness (QED) is 0.261. The Morgan fingerprint density at radius 2 is 1.92 bits per heavy atom. The summed E-state index contributed by atoms with van der Waals surface area (Å²) >= 11 is 6.78. The van der Waals surface area contributed by atoms with Crippen LogP contribution >= 0.6 is 24.0 Å². The third-order valence-corrected chi connectivity index (χ3v) is 7.35. The van der Waals surface area contributed by atoms with Gasteiger partial charge in [0.05, 0.1) is 10.5 Å². The van der Waals surface area contributed by atoms with Crippen LogP contribution in [0.3, 0.4) is 0 Å². The van der Waals surface area contributed by atoms with Gasteiger partial charge in [0.1, 0.15) is 4.32 Å². The summed E-state index contributed by atoms with van der Waals surface area (Å²) in [6, 6.07) is 20.7. The number of hydrogen-bond donors (Lipinski definition) is 1. The number of amides is 1. The highest BCUT2D eigenvalue weighted by molar-refractivity contribution is 8.26. The van der Waals surface area contributed by atoms with Crippen molar-refractivity contribution in [2.24, 2.45) is 0 Å². The first-order valence-corrected chi connectivity index (χ1v) is 12.5. The highest BCUT2D eigenvalue weighted by atomic mass is 32.2. The Morgan fingerprint density at radius 1 is 1.11 bits per heavy atom. The largest absolute Gasteiger partial charge is 0.478 e. The number of hydrogen-bond acceptors (Lipinski definition) is 6. The average molecular weight is 512 g/mol. The number of aromatic nitrogens is 2. The van der Waals surface area contributed by atoms with Gasteiger partial charge in [-0.1, -0.05) is 54.3 Å². The maximum absolute atomic E-state index is 13.1. The molecule has 36 heavy (non-hydrogen) atoms. The van der Waals surface area contributed by atoms with Gasteiger partial charge in [-0.25, -0.2) is 14.8 Å². The third kappa shape index (κ3) is 4.91. The number of pyridine rings is 2. The number of aryl methyl sites for hydroxylation is 1. The predicted molar refractivity (Wildman–Crippen MR) is 147 cm³/mol. The lowest BCUT2D eigenvalue weighted by Crippen LogP contribution is -2.30. The van der Waals surface area contributed by atoms with Gasteiger partial charge in [0.2, 0.25) is 0 Å². The van der Waals surface area contributed by atoms with Crippen LogP contribution in [0, 0.1) is 6.92 Å². The Kier molecular flexibility index (Phi) is 6.63. The molecule has 2 aromatic heterocycles. The summed E-state index contributed by atoms with van der Waals surface area (Å²) in [6.45, 7) is 2.40. The van der Waals surface area contributed by atoms with E-state index in [4.69, 9.17) is 17.3 Å². The molecule has 0 atom stereocenters. The van der Waals surface area contributed by atoms with E-state index in [-0.39, 0.29) is 11.5 Å². The van der Waals surface area contributed by atoms with Crippen molar-refractivity contribution in [3.63, 3.8) is 0 Å². The van der Waals surface area contributed by atoms with Gasteiger partial charge in [0.15, 0.2) is 5.65 Å². The second-order valence-electron chi connectivity index (χ2n) is 8.38. The van der Waals surface area contributed by atoms with E-state index in [1.54, 1.807) is 35.4 Å². The van der Waals surface area contributed by atoms with Gasteiger partial charge >= 0.3 is 5.97 Å². The zero-order chi connectivity index (χ0) is 25.2. The second kappa shape index (κ2) is 10.0. The summed E-state index contributed by atoms with van der Waals surface area (Å²) < 4.78 is 0.520. The van der Waals surface area contributed by atoms with Gasteiger partial charge in [-0.05, 0) is 72.5 Å². The standard InChI is InChI=1S/C28H21N3O3S2/c1-17-23(16-22-6-3-12-29-25(22)30-17)21-5-2-4-19(14-21)15-24-26(32)31(28(35)36-24)13-11-18-7-9-20(10-8-18)27(33)34/h2-10,12,14-16H,11,13H2,1H3,(H,33,34)/b24-15-. The van der Waals surface area contributed by atoms with Crippen LogP contribution in [0.1, 0.15) is 27.2 Å². The molecule has 3 heterocycles. The van der Waals surface area contributed by atoms with Crippen molar-refractivity contribution in [3.05, 3.63) is 100 Å². The van der Waals surface area contributed by atoms with Crippen molar-refractivity contribution >= 4 is 57.3 Å². The van der Waals surface area contributed by atoms with Crippen LogP contribution in [0.5, 0.6) is 0 Å². The van der Waals surface area contributed by atoms with Crippen molar-refractivity contribution in [3.8, 4) is 11.1 Å². The lowest BCUT2D eigenvalue weighted by atomic mass is 10.0. The number of carboxylic acid groups (broad SMARTS) is 1. The van der Waals surface area contributed by atoms with E-state index >= 15 is 0 Å². The molecule has 1 aliphatic heterocycles. The summed E-state index contributed by atoms with van der Waals surface area (Å²) in [6.07, 6.45) is 4.19. The van der Waals surface area contributed by atoms with Crippen molar-refractivity contribution in [1.29, 1.82) is 0 Å². The predicted octanol–water partition coefficient (Wildman–Crippen LogP) is 5.75. The van der Waals surface area contributed by atoms with E-state index in [1.165, 1.54) is 11.8 Å². The summed E-state index contributed by atoms with van der Waals surface area (Å²) in [7, 11) is 0. The number of carboxylic acids is 1. The van der Waals surface area contributed by atoms with Gasteiger partial charge in [0, 0.05) is 29.4 Å². The zero-order valence-corrected chi connectivity index (χ0v) is 21.0. The highest BCUT2D eigenvalue weighted by Crippen LogP contribution is 2.34. The van der Waals surface area contributed by atoms with Crippen LogP contribution in [0.25, 0.3) is 28.2 Å².